The van der Waals surface area contributed by atoms with Crippen molar-refractivity contribution in [1.82, 2.24) is 15.0 Å². The molecule has 112 valence electrons. The van der Waals surface area contributed by atoms with Gasteiger partial charge < -0.3 is 10.1 Å². The molecule has 0 saturated heterocycles. The van der Waals surface area contributed by atoms with Crippen LogP contribution in [0.2, 0.25) is 0 Å². The highest BCUT2D eigenvalue weighted by Crippen LogP contribution is 2.22. The molecular formula is C16H22N4O. The molecule has 0 aliphatic rings. The number of nitrogens with one attached hydrogen (secondary N) is 1. The fourth-order valence-electron chi connectivity index (χ4n) is 1.87. The molecule has 5 heteroatoms. The van der Waals surface area contributed by atoms with E-state index >= 15 is 0 Å². The molecule has 0 bridgehead atoms. The molecular weight excluding hydrogens is 264 g/mol. The summed E-state index contributed by atoms with van der Waals surface area (Å²) in [6.45, 7) is 7.28. The third-order valence-electron chi connectivity index (χ3n) is 3.10. The second kappa shape index (κ2) is 7.02. The molecule has 0 spiro atoms. The van der Waals surface area contributed by atoms with Crippen LogP contribution >= 0.6 is 0 Å². The van der Waals surface area contributed by atoms with Crippen molar-refractivity contribution in [2.24, 2.45) is 0 Å². The van der Waals surface area contributed by atoms with E-state index in [9.17, 15) is 0 Å². The summed E-state index contributed by atoms with van der Waals surface area (Å²) < 4.78 is 5.08. The van der Waals surface area contributed by atoms with Gasteiger partial charge in [0.15, 0.2) is 5.82 Å². The first kappa shape index (κ1) is 15.2. The zero-order chi connectivity index (χ0) is 15.2. The molecule has 0 atom stereocenters. The summed E-state index contributed by atoms with van der Waals surface area (Å²) in [6, 6.07) is 5.76. The Morgan fingerprint density at radius 2 is 2.05 bits per heavy atom. The van der Waals surface area contributed by atoms with Gasteiger partial charge in [-0.05, 0) is 18.4 Å². The van der Waals surface area contributed by atoms with Gasteiger partial charge in [0.1, 0.15) is 5.82 Å². The van der Waals surface area contributed by atoms with Gasteiger partial charge in [-0.2, -0.15) is 0 Å². The highest BCUT2D eigenvalue weighted by molar-refractivity contribution is 5.57. The molecule has 21 heavy (non-hydrogen) atoms. The number of methoxy groups -OCH3 is 1. The lowest BCUT2D eigenvalue weighted by Gasteiger charge is -2.11. The van der Waals surface area contributed by atoms with Crippen LogP contribution in [0, 0.1) is 0 Å². The highest BCUT2D eigenvalue weighted by atomic mass is 16.5. The predicted molar refractivity (Wildman–Crippen MR) is 84.7 cm³/mol. The molecule has 0 fully saturated rings. The summed E-state index contributed by atoms with van der Waals surface area (Å²) in [5.74, 6) is 2.49. The molecule has 2 aromatic rings. The van der Waals surface area contributed by atoms with Gasteiger partial charge in [0.2, 0.25) is 5.88 Å². The van der Waals surface area contributed by atoms with Crippen molar-refractivity contribution in [2.45, 2.75) is 33.1 Å². The summed E-state index contributed by atoms with van der Waals surface area (Å²) in [5.41, 5.74) is 1.91. The Morgan fingerprint density at radius 1 is 1.24 bits per heavy atom. The molecule has 0 radical (unpaired) electrons. The number of anilines is 1. The van der Waals surface area contributed by atoms with Gasteiger partial charge in [-0.3, -0.25) is 0 Å². The molecule has 0 saturated carbocycles. The van der Waals surface area contributed by atoms with E-state index in [1.165, 1.54) is 0 Å². The zero-order valence-corrected chi connectivity index (χ0v) is 13.1. The number of rotatable bonds is 6. The van der Waals surface area contributed by atoms with Crippen molar-refractivity contribution in [3.05, 3.63) is 30.1 Å². The van der Waals surface area contributed by atoms with E-state index in [-0.39, 0.29) is 0 Å². The first-order valence-corrected chi connectivity index (χ1v) is 7.27. The van der Waals surface area contributed by atoms with Gasteiger partial charge in [-0.1, -0.05) is 20.8 Å². The molecule has 2 rings (SSSR count). The van der Waals surface area contributed by atoms with Gasteiger partial charge in [0, 0.05) is 36.1 Å². The first-order valence-electron chi connectivity index (χ1n) is 7.27. The maximum Gasteiger partial charge on any atom is 0.212 e. The molecule has 0 unspecified atom stereocenters. The van der Waals surface area contributed by atoms with Crippen LogP contribution in [0.25, 0.3) is 11.4 Å². The van der Waals surface area contributed by atoms with Crippen LogP contribution in [0.1, 0.15) is 38.8 Å². The van der Waals surface area contributed by atoms with E-state index in [0.29, 0.717) is 17.6 Å². The van der Waals surface area contributed by atoms with E-state index in [2.05, 4.69) is 41.0 Å². The maximum atomic E-state index is 5.08. The van der Waals surface area contributed by atoms with Crippen LogP contribution in [-0.2, 0) is 0 Å². The van der Waals surface area contributed by atoms with Crippen LogP contribution in [0.3, 0.4) is 0 Å². The van der Waals surface area contributed by atoms with Crippen molar-refractivity contribution in [3.63, 3.8) is 0 Å². The highest BCUT2D eigenvalue weighted by Gasteiger charge is 2.10. The number of hydrogen-bond donors (Lipinski definition) is 1. The van der Waals surface area contributed by atoms with E-state index in [0.717, 1.165) is 30.0 Å². The molecule has 0 aliphatic heterocycles. The monoisotopic (exact) mass is 286 g/mol. The Balaban J connectivity index is 2.37. The lowest BCUT2D eigenvalue weighted by atomic mass is 10.1. The molecule has 2 heterocycles. The summed E-state index contributed by atoms with van der Waals surface area (Å²) in [5, 5.41) is 3.33. The van der Waals surface area contributed by atoms with E-state index in [1.54, 1.807) is 13.3 Å². The number of pyridine rings is 1. The van der Waals surface area contributed by atoms with Gasteiger partial charge in [-0.15, -0.1) is 0 Å². The minimum absolute atomic E-state index is 0.347. The lowest BCUT2D eigenvalue weighted by molar-refractivity contribution is 0.398. The number of nitrogens with zero attached hydrogens (tertiary/aromatic N) is 3. The van der Waals surface area contributed by atoms with Gasteiger partial charge in [0.05, 0.1) is 7.11 Å². The quantitative estimate of drug-likeness (QED) is 0.880. The van der Waals surface area contributed by atoms with Crippen LogP contribution in [0.15, 0.2) is 24.4 Å². The van der Waals surface area contributed by atoms with E-state index in [4.69, 9.17) is 4.74 Å². The molecule has 0 aliphatic carbocycles. The number of ether oxygens (including phenoxy) is 1. The second-order valence-electron chi connectivity index (χ2n) is 5.17. The standard InChI is InChI=1S/C16H22N4O/c1-5-8-17-14-9-13(11(2)3)19-16(20-14)12-6-7-15(21-4)18-10-12/h6-7,9-11H,5,8H2,1-4H3,(H,17,19,20). The molecule has 0 aromatic carbocycles. The molecule has 2 aromatic heterocycles. The fourth-order valence-corrected chi connectivity index (χ4v) is 1.87. The normalized spacial score (nSPS) is 10.7. The Morgan fingerprint density at radius 3 is 2.62 bits per heavy atom. The Bertz CT molecular complexity index is 581. The number of aromatic nitrogens is 3. The fraction of sp³-hybridized carbons (Fsp3) is 0.438. The lowest BCUT2D eigenvalue weighted by Crippen LogP contribution is -2.06. The topological polar surface area (TPSA) is 59.9 Å². The smallest absolute Gasteiger partial charge is 0.212 e. The average molecular weight is 286 g/mol. The summed E-state index contributed by atoms with van der Waals surface area (Å²) in [6.07, 6.45) is 2.79. The summed E-state index contributed by atoms with van der Waals surface area (Å²) >= 11 is 0. The van der Waals surface area contributed by atoms with Crippen molar-refractivity contribution < 1.29 is 4.74 Å². The van der Waals surface area contributed by atoms with Crippen LogP contribution in [-0.4, -0.2) is 28.6 Å². The molecule has 0 amide bonds. The van der Waals surface area contributed by atoms with Gasteiger partial charge >= 0.3 is 0 Å². The van der Waals surface area contributed by atoms with Crippen LogP contribution in [0.4, 0.5) is 5.82 Å². The summed E-state index contributed by atoms with van der Waals surface area (Å²) in [4.78, 5) is 13.4. The maximum absolute atomic E-state index is 5.08. The summed E-state index contributed by atoms with van der Waals surface area (Å²) in [7, 11) is 1.60. The largest absolute Gasteiger partial charge is 0.481 e. The van der Waals surface area contributed by atoms with E-state index in [1.807, 2.05) is 18.2 Å². The Hall–Kier alpha value is -2.17. The zero-order valence-electron chi connectivity index (χ0n) is 13.1. The second-order valence-corrected chi connectivity index (χ2v) is 5.17. The third-order valence-corrected chi connectivity index (χ3v) is 3.10. The SMILES string of the molecule is CCCNc1cc(C(C)C)nc(-c2ccc(OC)nc2)n1. The minimum atomic E-state index is 0.347. The minimum Gasteiger partial charge on any atom is -0.481 e. The molecule has 1 N–H and O–H groups in total. The predicted octanol–water partition coefficient (Wildman–Crippen LogP) is 3.49. The van der Waals surface area contributed by atoms with Gasteiger partial charge in [0.25, 0.3) is 0 Å². The average Bonchev–Trinajstić information content (AvgIpc) is 2.52. The van der Waals surface area contributed by atoms with E-state index < -0.39 is 0 Å². The first-order chi connectivity index (χ1) is 10.1. The van der Waals surface area contributed by atoms with Crippen molar-refractivity contribution >= 4 is 5.82 Å². The van der Waals surface area contributed by atoms with Crippen molar-refractivity contribution in [2.75, 3.05) is 19.0 Å². The third kappa shape index (κ3) is 3.90. The van der Waals surface area contributed by atoms with Crippen molar-refractivity contribution in [3.8, 4) is 17.3 Å². The van der Waals surface area contributed by atoms with Gasteiger partial charge in [-0.25, -0.2) is 15.0 Å². The van der Waals surface area contributed by atoms with Crippen LogP contribution < -0.4 is 10.1 Å². The Kier molecular flexibility index (Phi) is 5.09. The number of hydrogen-bond acceptors (Lipinski definition) is 5. The van der Waals surface area contributed by atoms with Crippen LogP contribution in [0.5, 0.6) is 5.88 Å². The Labute approximate surface area is 125 Å². The van der Waals surface area contributed by atoms with Crippen molar-refractivity contribution in [1.29, 1.82) is 0 Å². The molecule has 5 nitrogen and oxygen atoms in total.